The fourth-order valence-corrected chi connectivity index (χ4v) is 4.69. The van der Waals surface area contributed by atoms with Gasteiger partial charge in [0.25, 0.3) is 0 Å². The van der Waals surface area contributed by atoms with Gasteiger partial charge in [-0.25, -0.2) is 8.42 Å². The summed E-state index contributed by atoms with van der Waals surface area (Å²) in [4.78, 5) is 14.5. The third-order valence-corrected chi connectivity index (χ3v) is 7.18. The smallest absolute Gasteiger partial charge is 0.248 e. The highest BCUT2D eigenvalue weighted by Gasteiger charge is 2.27. The van der Waals surface area contributed by atoms with Crippen LogP contribution in [0.25, 0.3) is 6.08 Å². The van der Waals surface area contributed by atoms with E-state index in [0.717, 1.165) is 23.1 Å². The number of benzene rings is 2. The number of nitrogens with one attached hydrogen (secondary N) is 1. The highest BCUT2D eigenvalue weighted by atomic mass is 79.9. The molecule has 1 heterocycles. The third-order valence-electron chi connectivity index (χ3n) is 4.54. The van der Waals surface area contributed by atoms with E-state index in [4.69, 9.17) is 0 Å². The van der Waals surface area contributed by atoms with Gasteiger partial charge in [-0.15, -0.1) is 0 Å². The van der Waals surface area contributed by atoms with E-state index < -0.39 is 10.0 Å². The number of amides is 1. The highest BCUT2D eigenvalue weighted by molar-refractivity contribution is 9.10. The molecule has 0 radical (unpaired) electrons. The molecule has 8 heteroatoms. The first kappa shape index (κ1) is 20.7. The predicted molar refractivity (Wildman–Crippen MR) is 115 cm³/mol. The highest BCUT2D eigenvalue weighted by Crippen LogP contribution is 2.20. The van der Waals surface area contributed by atoms with Gasteiger partial charge in [0.1, 0.15) is 0 Å². The average Bonchev–Trinajstić information content (AvgIpc) is 2.68. The van der Waals surface area contributed by atoms with Gasteiger partial charge in [-0.3, -0.25) is 4.79 Å². The van der Waals surface area contributed by atoms with Crippen LogP contribution < -0.4 is 5.32 Å². The number of likely N-dealkylation sites (N-methyl/N-ethyl adjacent to an activating group) is 1. The van der Waals surface area contributed by atoms with Crippen molar-refractivity contribution in [2.75, 3.05) is 38.5 Å². The zero-order valence-corrected chi connectivity index (χ0v) is 17.9. The monoisotopic (exact) mass is 463 g/mol. The number of sulfonamides is 1. The summed E-state index contributed by atoms with van der Waals surface area (Å²) >= 11 is 3.43. The Morgan fingerprint density at radius 2 is 1.68 bits per heavy atom. The molecule has 0 unspecified atom stereocenters. The number of anilines is 1. The molecule has 1 amide bonds. The van der Waals surface area contributed by atoms with Crippen molar-refractivity contribution in [2.45, 2.75) is 4.90 Å². The van der Waals surface area contributed by atoms with Gasteiger partial charge < -0.3 is 10.2 Å². The predicted octanol–water partition coefficient (Wildman–Crippen LogP) is 3.04. The number of carbonyl (C=O) groups is 1. The Labute approximate surface area is 174 Å². The molecule has 1 aliphatic rings. The SMILES string of the molecule is CN1CCN(S(=O)(=O)c2ccc(NC(=O)C=Cc3ccccc3Br)cc2)CC1. The van der Waals surface area contributed by atoms with Gasteiger partial charge in [-0.05, 0) is 49.0 Å². The Kier molecular flexibility index (Phi) is 6.66. The molecular weight excluding hydrogens is 442 g/mol. The first-order valence-electron chi connectivity index (χ1n) is 8.88. The van der Waals surface area contributed by atoms with Crippen molar-refractivity contribution in [3.05, 3.63) is 64.6 Å². The molecule has 0 spiro atoms. The lowest BCUT2D eigenvalue weighted by Crippen LogP contribution is -2.46. The standard InChI is InChI=1S/C20H22BrN3O3S/c1-23-12-14-24(15-13-23)28(26,27)18-9-7-17(8-10-18)22-20(25)11-6-16-4-2-3-5-19(16)21/h2-11H,12-15H2,1H3,(H,22,25). The van der Waals surface area contributed by atoms with E-state index in [1.807, 2.05) is 31.3 Å². The van der Waals surface area contributed by atoms with Gasteiger partial charge in [0.05, 0.1) is 4.90 Å². The Hall–Kier alpha value is -2.00. The molecule has 2 aromatic carbocycles. The second-order valence-corrected chi connectivity index (χ2v) is 9.37. The molecule has 0 aliphatic carbocycles. The maximum atomic E-state index is 12.7. The molecule has 2 aromatic rings. The molecule has 3 rings (SSSR count). The zero-order chi connectivity index (χ0) is 20.1. The molecule has 148 valence electrons. The van der Waals surface area contributed by atoms with Crippen molar-refractivity contribution in [1.29, 1.82) is 0 Å². The average molecular weight is 464 g/mol. The summed E-state index contributed by atoms with van der Waals surface area (Å²) in [5.74, 6) is -0.287. The quantitative estimate of drug-likeness (QED) is 0.691. The fraction of sp³-hybridized carbons (Fsp3) is 0.250. The molecular formula is C20H22BrN3O3S. The van der Waals surface area contributed by atoms with Crippen molar-refractivity contribution < 1.29 is 13.2 Å². The number of piperazine rings is 1. The molecule has 28 heavy (non-hydrogen) atoms. The lowest BCUT2D eigenvalue weighted by molar-refractivity contribution is -0.111. The van der Waals surface area contributed by atoms with Gasteiger partial charge in [0, 0.05) is 42.4 Å². The third kappa shape index (κ3) is 5.08. The zero-order valence-electron chi connectivity index (χ0n) is 15.5. The summed E-state index contributed by atoms with van der Waals surface area (Å²) in [6.07, 6.45) is 3.15. The minimum absolute atomic E-state index is 0.235. The van der Waals surface area contributed by atoms with E-state index >= 15 is 0 Å². The van der Waals surface area contributed by atoms with Crippen LogP contribution >= 0.6 is 15.9 Å². The Morgan fingerprint density at radius 1 is 1.04 bits per heavy atom. The topological polar surface area (TPSA) is 69.7 Å². The molecule has 0 atom stereocenters. The Bertz CT molecular complexity index is 966. The molecule has 1 saturated heterocycles. The van der Waals surface area contributed by atoms with Crippen LogP contribution in [0.5, 0.6) is 0 Å². The summed E-state index contributed by atoms with van der Waals surface area (Å²) in [6, 6.07) is 13.9. The number of hydrogen-bond donors (Lipinski definition) is 1. The second kappa shape index (κ2) is 9.00. The minimum atomic E-state index is -3.51. The largest absolute Gasteiger partial charge is 0.323 e. The summed E-state index contributed by atoms with van der Waals surface area (Å²) in [5, 5.41) is 2.74. The van der Waals surface area contributed by atoms with E-state index in [2.05, 4.69) is 26.1 Å². The van der Waals surface area contributed by atoms with Crippen molar-refractivity contribution >= 4 is 43.6 Å². The Morgan fingerprint density at radius 3 is 2.32 bits per heavy atom. The van der Waals surface area contributed by atoms with Crippen LogP contribution in [-0.2, 0) is 14.8 Å². The number of hydrogen-bond acceptors (Lipinski definition) is 4. The Balaban J connectivity index is 1.64. The lowest BCUT2D eigenvalue weighted by Gasteiger charge is -2.31. The van der Waals surface area contributed by atoms with Crippen LogP contribution in [0.3, 0.4) is 0 Å². The van der Waals surface area contributed by atoms with Gasteiger partial charge in [-0.1, -0.05) is 34.1 Å². The summed E-state index contributed by atoms with van der Waals surface area (Å²) < 4.78 is 27.8. The molecule has 6 nitrogen and oxygen atoms in total. The fourth-order valence-electron chi connectivity index (χ4n) is 2.85. The maximum absolute atomic E-state index is 12.7. The second-order valence-electron chi connectivity index (χ2n) is 6.58. The van der Waals surface area contributed by atoms with Crippen LogP contribution in [0.4, 0.5) is 5.69 Å². The first-order chi connectivity index (χ1) is 13.4. The normalized spacial score (nSPS) is 16.4. The van der Waals surface area contributed by atoms with Crippen LogP contribution in [0.15, 0.2) is 64.0 Å². The van der Waals surface area contributed by atoms with E-state index in [0.29, 0.717) is 18.8 Å². The molecule has 0 aromatic heterocycles. The van der Waals surface area contributed by atoms with E-state index in [9.17, 15) is 13.2 Å². The van der Waals surface area contributed by atoms with Gasteiger partial charge >= 0.3 is 0 Å². The van der Waals surface area contributed by atoms with E-state index in [1.54, 1.807) is 18.2 Å². The van der Waals surface area contributed by atoms with Crippen LogP contribution in [0, 0.1) is 0 Å². The number of carbonyl (C=O) groups excluding carboxylic acids is 1. The maximum Gasteiger partial charge on any atom is 0.248 e. The molecule has 0 saturated carbocycles. The van der Waals surface area contributed by atoms with Crippen molar-refractivity contribution in [3.8, 4) is 0 Å². The molecule has 0 bridgehead atoms. The first-order valence-corrected chi connectivity index (χ1v) is 11.1. The van der Waals surface area contributed by atoms with Crippen LogP contribution in [0.2, 0.25) is 0 Å². The number of nitrogens with zero attached hydrogens (tertiary/aromatic N) is 2. The molecule has 1 N–H and O–H groups in total. The molecule has 1 fully saturated rings. The van der Waals surface area contributed by atoms with Crippen molar-refractivity contribution in [1.82, 2.24) is 9.21 Å². The van der Waals surface area contributed by atoms with E-state index in [-0.39, 0.29) is 10.8 Å². The lowest BCUT2D eigenvalue weighted by atomic mass is 10.2. The minimum Gasteiger partial charge on any atom is -0.323 e. The van der Waals surface area contributed by atoms with Crippen molar-refractivity contribution in [3.63, 3.8) is 0 Å². The molecule has 1 aliphatic heterocycles. The summed E-state index contributed by atoms with van der Waals surface area (Å²) in [5.41, 5.74) is 1.44. The number of rotatable bonds is 5. The van der Waals surface area contributed by atoms with Gasteiger partial charge in [0.15, 0.2) is 0 Å². The van der Waals surface area contributed by atoms with Crippen LogP contribution in [-0.4, -0.2) is 56.8 Å². The van der Waals surface area contributed by atoms with Crippen molar-refractivity contribution in [2.24, 2.45) is 0 Å². The number of halogens is 1. The van der Waals surface area contributed by atoms with E-state index in [1.165, 1.54) is 22.5 Å². The van der Waals surface area contributed by atoms with Crippen LogP contribution in [0.1, 0.15) is 5.56 Å². The van der Waals surface area contributed by atoms with Gasteiger partial charge in [-0.2, -0.15) is 4.31 Å². The summed E-state index contributed by atoms with van der Waals surface area (Å²) in [7, 11) is -1.53. The van der Waals surface area contributed by atoms with Gasteiger partial charge in [0.2, 0.25) is 15.9 Å². The summed E-state index contributed by atoms with van der Waals surface area (Å²) in [6.45, 7) is 2.41.